The van der Waals surface area contributed by atoms with Gasteiger partial charge >= 0.3 is 0 Å². The fourth-order valence-corrected chi connectivity index (χ4v) is 3.72. The minimum atomic E-state index is -0.0826. The van der Waals surface area contributed by atoms with Crippen LogP contribution in [0.4, 0.5) is 5.69 Å². The molecular weight excluding hydrogens is 394 g/mol. The fraction of sp³-hybridized carbons (Fsp3) is 0.250. The van der Waals surface area contributed by atoms with E-state index in [-0.39, 0.29) is 11.8 Å². The van der Waals surface area contributed by atoms with Gasteiger partial charge in [0.1, 0.15) is 0 Å². The standard InChI is InChI=1S/C20H18BrN3O2/c1-2-13-6-3-4-9-17(13)24-12-15(11-18(24)25)20-22-19(23-26-20)14-7-5-8-16(21)10-14/h3-10,15H,2,11-12H2,1H3. The lowest BCUT2D eigenvalue weighted by Gasteiger charge is -2.19. The van der Waals surface area contributed by atoms with Gasteiger partial charge in [-0.05, 0) is 30.2 Å². The minimum Gasteiger partial charge on any atom is -0.339 e. The van der Waals surface area contributed by atoms with Crippen LogP contribution in [0.2, 0.25) is 0 Å². The van der Waals surface area contributed by atoms with E-state index >= 15 is 0 Å². The number of halogens is 1. The Morgan fingerprint density at radius 2 is 2.08 bits per heavy atom. The van der Waals surface area contributed by atoms with E-state index in [1.54, 1.807) is 0 Å². The number of carbonyl (C=O) groups is 1. The van der Waals surface area contributed by atoms with Gasteiger partial charge in [0.05, 0.1) is 5.92 Å². The maximum atomic E-state index is 12.6. The molecule has 0 spiro atoms. The van der Waals surface area contributed by atoms with E-state index in [4.69, 9.17) is 4.52 Å². The van der Waals surface area contributed by atoms with Crippen molar-refractivity contribution in [3.05, 3.63) is 64.5 Å². The van der Waals surface area contributed by atoms with E-state index < -0.39 is 0 Å². The third-order valence-electron chi connectivity index (χ3n) is 4.66. The molecule has 2 aromatic carbocycles. The monoisotopic (exact) mass is 411 g/mol. The number of hydrogen-bond acceptors (Lipinski definition) is 4. The fourth-order valence-electron chi connectivity index (χ4n) is 3.32. The van der Waals surface area contributed by atoms with Gasteiger partial charge < -0.3 is 9.42 Å². The minimum absolute atomic E-state index is 0.0826. The smallest absolute Gasteiger partial charge is 0.232 e. The summed E-state index contributed by atoms with van der Waals surface area (Å²) in [4.78, 5) is 18.9. The Kier molecular flexibility index (Phi) is 4.59. The molecule has 1 aliphatic heterocycles. The molecule has 0 N–H and O–H groups in total. The van der Waals surface area contributed by atoms with Crippen LogP contribution in [-0.2, 0) is 11.2 Å². The zero-order valence-electron chi connectivity index (χ0n) is 14.4. The van der Waals surface area contributed by atoms with Gasteiger partial charge in [0.15, 0.2) is 0 Å². The predicted octanol–water partition coefficient (Wildman–Crippen LogP) is 4.58. The van der Waals surface area contributed by atoms with Crippen LogP contribution in [0, 0.1) is 0 Å². The molecule has 0 saturated carbocycles. The maximum absolute atomic E-state index is 12.6. The Bertz CT molecular complexity index is 953. The van der Waals surface area contributed by atoms with Crippen molar-refractivity contribution in [1.82, 2.24) is 10.1 Å². The summed E-state index contributed by atoms with van der Waals surface area (Å²) in [5, 5.41) is 4.09. The summed E-state index contributed by atoms with van der Waals surface area (Å²) in [6, 6.07) is 15.8. The molecule has 1 atom stereocenters. The number of para-hydroxylation sites is 1. The van der Waals surface area contributed by atoms with Crippen LogP contribution in [0.5, 0.6) is 0 Å². The summed E-state index contributed by atoms with van der Waals surface area (Å²) in [6.07, 6.45) is 1.27. The van der Waals surface area contributed by atoms with Crippen LogP contribution >= 0.6 is 15.9 Å². The Balaban J connectivity index is 1.58. The SMILES string of the molecule is CCc1ccccc1N1CC(c2nc(-c3cccc(Br)c3)no2)CC1=O. The Hall–Kier alpha value is -2.47. The molecule has 4 rings (SSSR count). The lowest BCUT2D eigenvalue weighted by atomic mass is 10.1. The lowest BCUT2D eigenvalue weighted by molar-refractivity contribution is -0.117. The van der Waals surface area contributed by atoms with Crippen molar-refractivity contribution in [2.45, 2.75) is 25.7 Å². The highest BCUT2D eigenvalue weighted by molar-refractivity contribution is 9.10. The van der Waals surface area contributed by atoms with Crippen molar-refractivity contribution in [3.8, 4) is 11.4 Å². The van der Waals surface area contributed by atoms with Crippen LogP contribution < -0.4 is 4.90 Å². The van der Waals surface area contributed by atoms with Crippen LogP contribution in [0.15, 0.2) is 57.5 Å². The zero-order chi connectivity index (χ0) is 18.1. The second kappa shape index (κ2) is 7.03. The van der Waals surface area contributed by atoms with Gasteiger partial charge in [0.2, 0.25) is 17.6 Å². The number of amides is 1. The van der Waals surface area contributed by atoms with Gasteiger partial charge in [0, 0.05) is 28.7 Å². The van der Waals surface area contributed by atoms with E-state index in [1.165, 1.54) is 5.56 Å². The first-order valence-electron chi connectivity index (χ1n) is 8.63. The number of aromatic nitrogens is 2. The average molecular weight is 412 g/mol. The summed E-state index contributed by atoms with van der Waals surface area (Å²) >= 11 is 3.45. The molecule has 132 valence electrons. The summed E-state index contributed by atoms with van der Waals surface area (Å²) in [5.41, 5.74) is 3.03. The van der Waals surface area contributed by atoms with Crippen molar-refractivity contribution in [2.75, 3.05) is 11.4 Å². The molecule has 0 radical (unpaired) electrons. The van der Waals surface area contributed by atoms with Gasteiger partial charge in [-0.25, -0.2) is 0 Å². The first kappa shape index (κ1) is 17.0. The largest absolute Gasteiger partial charge is 0.339 e. The predicted molar refractivity (Wildman–Crippen MR) is 103 cm³/mol. The maximum Gasteiger partial charge on any atom is 0.232 e. The van der Waals surface area contributed by atoms with Crippen molar-refractivity contribution in [2.24, 2.45) is 0 Å². The molecule has 1 aromatic heterocycles. The second-order valence-electron chi connectivity index (χ2n) is 6.35. The number of rotatable bonds is 4. The molecule has 0 bridgehead atoms. The van der Waals surface area contributed by atoms with E-state index in [0.29, 0.717) is 24.7 Å². The Morgan fingerprint density at radius 1 is 1.23 bits per heavy atom. The van der Waals surface area contributed by atoms with Crippen molar-refractivity contribution in [3.63, 3.8) is 0 Å². The number of carbonyl (C=O) groups excluding carboxylic acids is 1. The van der Waals surface area contributed by atoms with Crippen molar-refractivity contribution in [1.29, 1.82) is 0 Å². The summed E-state index contributed by atoms with van der Waals surface area (Å²) in [5.74, 6) is 1.07. The third kappa shape index (κ3) is 3.17. The van der Waals surface area contributed by atoms with Crippen molar-refractivity contribution >= 4 is 27.5 Å². The molecule has 3 aromatic rings. The molecule has 1 unspecified atom stereocenters. The number of hydrogen-bond donors (Lipinski definition) is 0. The van der Waals surface area contributed by atoms with Gasteiger partial charge in [0.25, 0.3) is 0 Å². The molecule has 1 amide bonds. The van der Waals surface area contributed by atoms with Crippen LogP contribution in [-0.4, -0.2) is 22.6 Å². The van der Waals surface area contributed by atoms with Gasteiger partial charge in [-0.2, -0.15) is 4.98 Å². The quantitative estimate of drug-likeness (QED) is 0.630. The van der Waals surface area contributed by atoms with E-state index in [9.17, 15) is 4.79 Å². The van der Waals surface area contributed by atoms with Crippen LogP contribution in [0.1, 0.15) is 30.7 Å². The average Bonchev–Trinajstić information content (AvgIpc) is 3.28. The highest BCUT2D eigenvalue weighted by Crippen LogP contribution is 2.33. The molecule has 26 heavy (non-hydrogen) atoms. The first-order valence-corrected chi connectivity index (χ1v) is 9.43. The third-order valence-corrected chi connectivity index (χ3v) is 5.16. The highest BCUT2D eigenvalue weighted by atomic mass is 79.9. The van der Waals surface area contributed by atoms with Gasteiger partial charge in [-0.15, -0.1) is 0 Å². The molecule has 1 fully saturated rings. The lowest BCUT2D eigenvalue weighted by Crippen LogP contribution is -2.25. The van der Waals surface area contributed by atoms with Gasteiger partial charge in [-0.1, -0.05) is 58.3 Å². The summed E-state index contributed by atoms with van der Waals surface area (Å²) in [6.45, 7) is 2.66. The van der Waals surface area contributed by atoms with E-state index in [2.05, 4.69) is 39.1 Å². The summed E-state index contributed by atoms with van der Waals surface area (Å²) in [7, 11) is 0. The van der Waals surface area contributed by atoms with Crippen LogP contribution in [0.25, 0.3) is 11.4 Å². The van der Waals surface area contributed by atoms with E-state index in [0.717, 1.165) is 22.1 Å². The zero-order valence-corrected chi connectivity index (χ0v) is 15.9. The van der Waals surface area contributed by atoms with Crippen molar-refractivity contribution < 1.29 is 9.32 Å². The molecular formula is C20H18BrN3O2. The normalized spacial score (nSPS) is 17.1. The Labute approximate surface area is 160 Å². The molecule has 2 heterocycles. The number of benzene rings is 2. The summed E-state index contributed by atoms with van der Waals surface area (Å²) < 4.78 is 6.43. The Morgan fingerprint density at radius 3 is 2.88 bits per heavy atom. The number of aryl methyl sites for hydroxylation is 1. The first-order chi connectivity index (χ1) is 12.7. The van der Waals surface area contributed by atoms with Gasteiger partial charge in [-0.3, -0.25) is 4.79 Å². The van der Waals surface area contributed by atoms with E-state index in [1.807, 2.05) is 47.4 Å². The molecule has 1 saturated heterocycles. The number of nitrogens with zero attached hydrogens (tertiary/aromatic N) is 3. The molecule has 1 aliphatic rings. The molecule has 6 heteroatoms. The topological polar surface area (TPSA) is 59.2 Å². The highest BCUT2D eigenvalue weighted by Gasteiger charge is 2.35. The second-order valence-corrected chi connectivity index (χ2v) is 7.27. The number of anilines is 1. The van der Waals surface area contributed by atoms with Crippen LogP contribution in [0.3, 0.4) is 0 Å². The molecule has 0 aliphatic carbocycles. The molecule has 5 nitrogen and oxygen atoms in total.